The molecule has 0 unspecified atom stereocenters. The van der Waals surface area contributed by atoms with E-state index in [2.05, 4.69) is 0 Å². The van der Waals surface area contributed by atoms with Crippen LogP contribution in [0, 0.1) is 0 Å². The first-order valence-electron chi connectivity index (χ1n) is 8.58. The highest BCUT2D eigenvalue weighted by Gasteiger charge is 2.48. The van der Waals surface area contributed by atoms with Crippen LogP contribution in [0.4, 0.5) is 13.2 Å². The van der Waals surface area contributed by atoms with Gasteiger partial charge in [0.1, 0.15) is 0 Å². The maximum atomic E-state index is 12.7. The molecule has 0 spiro atoms. The zero-order valence-corrected chi connectivity index (χ0v) is 14.5. The van der Waals surface area contributed by atoms with Crippen molar-refractivity contribution in [3.8, 4) is 0 Å². The first kappa shape index (κ1) is 18.2. The van der Waals surface area contributed by atoms with E-state index < -0.39 is 34.9 Å². The van der Waals surface area contributed by atoms with E-state index in [0.29, 0.717) is 23.5 Å². The van der Waals surface area contributed by atoms with Crippen molar-refractivity contribution in [1.82, 2.24) is 5.06 Å². The lowest BCUT2D eigenvalue weighted by atomic mass is 9.92. The first-order valence-corrected chi connectivity index (χ1v) is 8.58. The molecule has 0 saturated heterocycles. The summed E-state index contributed by atoms with van der Waals surface area (Å²) in [5.41, 5.74) is -0.478. The third-order valence-electron chi connectivity index (χ3n) is 5.11. The van der Waals surface area contributed by atoms with Crippen LogP contribution in [0.5, 0.6) is 0 Å². The number of alkyl halides is 3. The molecular formula is C20H14F3NO4. The molecule has 1 heterocycles. The SMILES string of the molecule is O=C(CC1(c2ccc(C(F)(F)F)cc2)CC1)ON1C(=O)c2ccccc2C1=O. The van der Waals surface area contributed by atoms with E-state index >= 15 is 0 Å². The largest absolute Gasteiger partial charge is 0.416 e. The maximum absolute atomic E-state index is 12.7. The van der Waals surface area contributed by atoms with Crippen molar-refractivity contribution in [2.45, 2.75) is 30.9 Å². The quantitative estimate of drug-likeness (QED) is 0.745. The fourth-order valence-corrected chi connectivity index (χ4v) is 3.39. The standard InChI is InChI=1S/C20H14F3NO4/c21-20(22,23)13-7-5-12(6-8-13)19(9-10-19)11-16(25)28-24-17(26)14-3-1-2-4-15(14)18(24)27/h1-8H,9-11H2. The van der Waals surface area contributed by atoms with Gasteiger partial charge in [-0.15, -0.1) is 0 Å². The molecule has 1 aliphatic carbocycles. The first-order chi connectivity index (χ1) is 13.2. The number of hydroxylamine groups is 2. The number of hydrogen-bond donors (Lipinski definition) is 0. The fourth-order valence-electron chi connectivity index (χ4n) is 3.39. The van der Waals surface area contributed by atoms with Gasteiger partial charge in [0.25, 0.3) is 11.8 Å². The van der Waals surface area contributed by atoms with Crippen LogP contribution in [-0.2, 0) is 21.2 Å². The molecule has 0 bridgehead atoms. The van der Waals surface area contributed by atoms with Crippen LogP contribution in [0.2, 0.25) is 0 Å². The van der Waals surface area contributed by atoms with Gasteiger partial charge >= 0.3 is 12.1 Å². The van der Waals surface area contributed by atoms with E-state index in [1.54, 1.807) is 12.1 Å². The van der Waals surface area contributed by atoms with Crippen LogP contribution in [0.25, 0.3) is 0 Å². The number of benzene rings is 2. The number of imide groups is 1. The Morgan fingerprint density at radius 2 is 1.50 bits per heavy atom. The minimum Gasteiger partial charge on any atom is -0.330 e. The summed E-state index contributed by atoms with van der Waals surface area (Å²) in [5, 5.41) is 0.440. The molecule has 1 fully saturated rings. The van der Waals surface area contributed by atoms with Gasteiger partial charge in [-0.25, -0.2) is 4.79 Å². The van der Waals surface area contributed by atoms with E-state index in [1.165, 1.54) is 24.3 Å². The van der Waals surface area contributed by atoms with Crippen molar-refractivity contribution in [3.63, 3.8) is 0 Å². The van der Waals surface area contributed by atoms with Crippen LogP contribution in [0.1, 0.15) is 51.1 Å². The topological polar surface area (TPSA) is 63.7 Å². The Hall–Kier alpha value is -3.16. The fraction of sp³-hybridized carbons (Fsp3) is 0.250. The number of halogens is 3. The van der Waals surface area contributed by atoms with Gasteiger partial charge in [0.15, 0.2) is 0 Å². The number of nitrogens with zero attached hydrogens (tertiary/aromatic N) is 1. The minimum atomic E-state index is -4.43. The molecule has 8 heteroatoms. The zero-order chi connectivity index (χ0) is 20.1. The van der Waals surface area contributed by atoms with Gasteiger partial charge in [0.2, 0.25) is 0 Å². The van der Waals surface area contributed by atoms with Gasteiger partial charge < -0.3 is 4.84 Å². The van der Waals surface area contributed by atoms with E-state index in [1.807, 2.05) is 0 Å². The van der Waals surface area contributed by atoms with Crippen LogP contribution in [0.3, 0.4) is 0 Å². The number of carbonyl (C=O) groups is 3. The molecule has 2 aromatic carbocycles. The second kappa shape index (κ2) is 6.19. The van der Waals surface area contributed by atoms with Gasteiger partial charge in [-0.3, -0.25) is 9.59 Å². The predicted octanol–water partition coefficient (Wildman–Crippen LogP) is 3.88. The molecule has 28 heavy (non-hydrogen) atoms. The highest BCUT2D eigenvalue weighted by molar-refractivity contribution is 6.20. The summed E-state index contributed by atoms with van der Waals surface area (Å²) in [5.74, 6) is -2.21. The Kier molecular flexibility index (Phi) is 4.02. The normalized spacial score (nSPS) is 17.5. The van der Waals surface area contributed by atoms with Crippen LogP contribution in [-0.4, -0.2) is 22.8 Å². The van der Waals surface area contributed by atoms with Crippen molar-refractivity contribution >= 4 is 17.8 Å². The molecule has 0 aromatic heterocycles. The van der Waals surface area contributed by atoms with Crippen LogP contribution in [0.15, 0.2) is 48.5 Å². The summed E-state index contributed by atoms with van der Waals surface area (Å²) in [6, 6.07) is 10.8. The second-order valence-corrected chi connectivity index (χ2v) is 6.95. The zero-order valence-electron chi connectivity index (χ0n) is 14.5. The summed E-state index contributed by atoms with van der Waals surface area (Å²) < 4.78 is 38.1. The molecule has 144 valence electrons. The lowest BCUT2D eigenvalue weighted by Gasteiger charge is -2.18. The average Bonchev–Trinajstić information content (AvgIpc) is 3.40. The van der Waals surface area contributed by atoms with Crippen LogP contribution < -0.4 is 0 Å². The Bertz CT molecular complexity index is 943. The molecule has 2 aromatic rings. The minimum absolute atomic E-state index is 0.133. The Balaban J connectivity index is 1.46. The van der Waals surface area contributed by atoms with E-state index in [0.717, 1.165) is 12.1 Å². The smallest absolute Gasteiger partial charge is 0.330 e. The summed E-state index contributed by atoms with van der Waals surface area (Å²) in [6.45, 7) is 0. The Morgan fingerprint density at radius 3 is 1.96 bits per heavy atom. The molecule has 2 amide bonds. The second-order valence-electron chi connectivity index (χ2n) is 6.95. The lowest BCUT2D eigenvalue weighted by Crippen LogP contribution is -2.33. The summed E-state index contributed by atoms with van der Waals surface area (Å²) in [6.07, 6.45) is -3.35. The molecule has 4 rings (SSSR count). The highest BCUT2D eigenvalue weighted by Crippen LogP contribution is 2.51. The van der Waals surface area contributed by atoms with Crippen LogP contribution >= 0.6 is 0 Å². The molecule has 1 saturated carbocycles. The Morgan fingerprint density at radius 1 is 0.964 bits per heavy atom. The molecule has 0 atom stereocenters. The average molecular weight is 389 g/mol. The van der Waals surface area contributed by atoms with Crippen molar-refractivity contribution in [1.29, 1.82) is 0 Å². The van der Waals surface area contributed by atoms with E-state index in [4.69, 9.17) is 4.84 Å². The van der Waals surface area contributed by atoms with E-state index in [-0.39, 0.29) is 17.5 Å². The van der Waals surface area contributed by atoms with Crippen molar-refractivity contribution in [2.24, 2.45) is 0 Å². The van der Waals surface area contributed by atoms with Crippen molar-refractivity contribution in [3.05, 3.63) is 70.8 Å². The number of amides is 2. The molecule has 0 N–H and O–H groups in total. The Labute approximate surface area is 157 Å². The number of fused-ring (bicyclic) bond motifs is 1. The molecule has 2 aliphatic rings. The number of rotatable bonds is 4. The lowest BCUT2D eigenvalue weighted by molar-refractivity contribution is -0.169. The molecule has 5 nitrogen and oxygen atoms in total. The third kappa shape index (κ3) is 3.04. The number of hydrogen-bond acceptors (Lipinski definition) is 4. The van der Waals surface area contributed by atoms with Gasteiger partial charge in [-0.2, -0.15) is 13.2 Å². The molecule has 0 radical (unpaired) electrons. The summed E-state index contributed by atoms with van der Waals surface area (Å²) in [7, 11) is 0. The van der Waals surface area contributed by atoms with Crippen molar-refractivity contribution < 1.29 is 32.4 Å². The maximum Gasteiger partial charge on any atom is 0.416 e. The van der Waals surface area contributed by atoms with Gasteiger partial charge in [0.05, 0.1) is 23.1 Å². The molecular weight excluding hydrogens is 375 g/mol. The molecule has 1 aliphatic heterocycles. The van der Waals surface area contributed by atoms with Gasteiger partial charge in [-0.05, 0) is 42.7 Å². The monoisotopic (exact) mass is 389 g/mol. The van der Waals surface area contributed by atoms with Gasteiger partial charge in [0, 0.05) is 5.41 Å². The third-order valence-corrected chi connectivity index (χ3v) is 5.11. The van der Waals surface area contributed by atoms with E-state index in [9.17, 15) is 27.6 Å². The highest BCUT2D eigenvalue weighted by atomic mass is 19.4. The summed E-state index contributed by atoms with van der Waals surface area (Å²) in [4.78, 5) is 41.9. The summed E-state index contributed by atoms with van der Waals surface area (Å²) >= 11 is 0. The predicted molar refractivity (Wildman–Crippen MR) is 90.0 cm³/mol. The van der Waals surface area contributed by atoms with Gasteiger partial charge in [-0.1, -0.05) is 29.3 Å². The number of carbonyl (C=O) groups excluding carboxylic acids is 3. The van der Waals surface area contributed by atoms with Crippen molar-refractivity contribution in [2.75, 3.05) is 0 Å².